The lowest BCUT2D eigenvalue weighted by Gasteiger charge is -2.29. The molecule has 0 aromatic carbocycles. The Morgan fingerprint density at radius 1 is 0.850 bits per heavy atom. The summed E-state index contributed by atoms with van der Waals surface area (Å²) in [6, 6.07) is 1.19. The highest BCUT2D eigenvalue weighted by atomic mass is 16.6. The molecule has 0 radical (unpaired) electrons. The molecule has 0 N–H and O–H groups in total. The van der Waals surface area contributed by atoms with Gasteiger partial charge in [-0.25, -0.2) is 0 Å². The van der Waals surface area contributed by atoms with E-state index >= 15 is 0 Å². The number of unbranched alkanes of at least 4 members (excludes halogenated alkanes) is 1. The Hall–Kier alpha value is -1.12. The zero-order valence-corrected chi connectivity index (χ0v) is 11.9. The fourth-order valence-corrected chi connectivity index (χ4v) is 4.00. The van der Waals surface area contributed by atoms with Crippen LogP contribution < -0.4 is 0 Å². The van der Waals surface area contributed by atoms with Crippen LogP contribution in [0.5, 0.6) is 0 Å². The molecule has 0 aromatic rings. The van der Waals surface area contributed by atoms with E-state index in [0.29, 0.717) is 30.0 Å². The van der Waals surface area contributed by atoms with Crippen LogP contribution >= 0.6 is 0 Å². The van der Waals surface area contributed by atoms with Crippen LogP contribution in [-0.4, -0.2) is 36.2 Å². The monoisotopic (exact) mass is 269 g/mol. The molecule has 5 unspecified atom stereocenters. The Morgan fingerprint density at radius 2 is 1.45 bits per heavy atom. The summed E-state index contributed by atoms with van der Waals surface area (Å²) in [7, 11) is 0. The van der Waals surface area contributed by atoms with E-state index in [1.165, 1.54) is 25.8 Å². The summed E-state index contributed by atoms with van der Waals surface area (Å²) in [6.07, 6.45) is 22.9. The van der Waals surface area contributed by atoms with Gasteiger partial charge in [0, 0.05) is 23.9 Å². The molecule has 0 spiro atoms. The molecule has 0 aromatic heterocycles. The van der Waals surface area contributed by atoms with Crippen molar-refractivity contribution in [3.8, 4) is 0 Å². The third kappa shape index (κ3) is 2.32. The minimum Gasteiger partial charge on any atom is -0.373 e. The Labute approximate surface area is 121 Å². The van der Waals surface area contributed by atoms with Gasteiger partial charge < -0.3 is 4.74 Å². The van der Waals surface area contributed by atoms with Crippen LogP contribution in [0.1, 0.15) is 19.3 Å². The van der Waals surface area contributed by atoms with Gasteiger partial charge in [-0.15, -0.1) is 0 Å². The fourth-order valence-electron chi connectivity index (χ4n) is 4.00. The van der Waals surface area contributed by atoms with Gasteiger partial charge >= 0.3 is 0 Å². The standard InChI is InChI=1S/C18H23NO/c1-3-10-17-15(8-1)16-9-2-4-11-18(16)19(17)12-6-5-7-14-13-20-14/h1-4,8-11,14-18H,5-7,12-13H2. The molecule has 2 nitrogen and oxygen atoms in total. The average Bonchev–Trinajstić information content (AvgIpc) is 3.27. The summed E-state index contributed by atoms with van der Waals surface area (Å²) in [6.45, 7) is 2.21. The number of fused-ring (bicyclic) bond motifs is 3. The molecule has 0 saturated carbocycles. The van der Waals surface area contributed by atoms with E-state index in [0.717, 1.165) is 6.61 Å². The molecule has 2 aliphatic carbocycles. The molecule has 2 heterocycles. The number of hydrogen-bond acceptors (Lipinski definition) is 2. The van der Waals surface area contributed by atoms with Gasteiger partial charge in [0.25, 0.3) is 0 Å². The Morgan fingerprint density at radius 3 is 2.05 bits per heavy atom. The molecule has 2 aliphatic heterocycles. The second-order valence-electron chi connectivity index (χ2n) is 6.36. The molecule has 0 bridgehead atoms. The Bertz CT molecular complexity index is 438. The smallest absolute Gasteiger partial charge is 0.0810 e. The first-order valence-electron chi connectivity index (χ1n) is 8.01. The Kier molecular flexibility index (Phi) is 3.37. The molecule has 4 rings (SSSR count). The van der Waals surface area contributed by atoms with Crippen LogP contribution in [0, 0.1) is 11.8 Å². The molecule has 106 valence electrons. The summed E-state index contributed by atoms with van der Waals surface area (Å²) in [5.74, 6) is 1.33. The lowest BCUT2D eigenvalue weighted by Crippen LogP contribution is -2.37. The zero-order valence-electron chi connectivity index (χ0n) is 11.9. The van der Waals surface area contributed by atoms with E-state index in [1.807, 2.05) is 0 Å². The lowest BCUT2D eigenvalue weighted by atomic mass is 9.83. The van der Waals surface area contributed by atoms with E-state index in [4.69, 9.17) is 4.74 Å². The number of hydrogen-bond donors (Lipinski definition) is 0. The van der Waals surface area contributed by atoms with E-state index in [9.17, 15) is 0 Å². The average molecular weight is 269 g/mol. The Balaban J connectivity index is 1.42. The number of rotatable bonds is 5. The number of likely N-dealkylation sites (tertiary alicyclic amines) is 1. The van der Waals surface area contributed by atoms with Crippen molar-refractivity contribution in [3.05, 3.63) is 48.6 Å². The first-order valence-corrected chi connectivity index (χ1v) is 8.01. The minimum absolute atomic E-state index is 0.587. The van der Waals surface area contributed by atoms with Gasteiger partial charge in [-0.05, 0) is 25.8 Å². The second-order valence-corrected chi connectivity index (χ2v) is 6.36. The number of ether oxygens (including phenoxy) is 1. The van der Waals surface area contributed by atoms with Crippen molar-refractivity contribution < 1.29 is 4.74 Å². The summed E-state index contributed by atoms with van der Waals surface area (Å²) >= 11 is 0. The number of allylic oxidation sites excluding steroid dienone is 4. The van der Waals surface area contributed by atoms with E-state index in [1.54, 1.807) is 0 Å². The minimum atomic E-state index is 0.587. The molecule has 2 saturated heterocycles. The van der Waals surface area contributed by atoms with Gasteiger partial charge in [-0.3, -0.25) is 4.90 Å². The van der Waals surface area contributed by atoms with Crippen LogP contribution in [-0.2, 0) is 4.74 Å². The van der Waals surface area contributed by atoms with Crippen molar-refractivity contribution in [2.24, 2.45) is 11.8 Å². The topological polar surface area (TPSA) is 15.8 Å². The maximum absolute atomic E-state index is 5.30. The third-order valence-corrected chi connectivity index (χ3v) is 5.10. The van der Waals surface area contributed by atoms with Gasteiger partial charge in [0.15, 0.2) is 0 Å². The molecule has 4 aliphatic rings. The maximum atomic E-state index is 5.30. The summed E-state index contributed by atoms with van der Waals surface area (Å²) < 4.78 is 5.30. The maximum Gasteiger partial charge on any atom is 0.0810 e. The fraction of sp³-hybridized carbons (Fsp3) is 0.556. The number of epoxide rings is 1. The SMILES string of the molecule is C1=CC2C3C=CC=CC3N(CCCCC3CO3)C2C=C1. The molecule has 0 amide bonds. The van der Waals surface area contributed by atoms with E-state index in [-0.39, 0.29) is 0 Å². The van der Waals surface area contributed by atoms with Crippen molar-refractivity contribution in [2.45, 2.75) is 37.5 Å². The van der Waals surface area contributed by atoms with Crippen LogP contribution in [0.3, 0.4) is 0 Å². The first-order chi connectivity index (χ1) is 9.93. The van der Waals surface area contributed by atoms with Gasteiger partial charge in [0.2, 0.25) is 0 Å². The van der Waals surface area contributed by atoms with Crippen molar-refractivity contribution in [1.82, 2.24) is 4.90 Å². The van der Waals surface area contributed by atoms with E-state index in [2.05, 4.69) is 53.5 Å². The van der Waals surface area contributed by atoms with Crippen LogP contribution in [0.4, 0.5) is 0 Å². The van der Waals surface area contributed by atoms with Crippen LogP contribution in [0.2, 0.25) is 0 Å². The highest BCUT2D eigenvalue weighted by molar-refractivity contribution is 5.30. The molecular formula is C18H23NO. The predicted molar refractivity (Wildman–Crippen MR) is 81.4 cm³/mol. The predicted octanol–water partition coefficient (Wildman–Crippen LogP) is 3.09. The van der Waals surface area contributed by atoms with Crippen molar-refractivity contribution >= 4 is 0 Å². The summed E-state index contributed by atoms with van der Waals surface area (Å²) in [5.41, 5.74) is 0. The first kappa shape index (κ1) is 12.6. The van der Waals surface area contributed by atoms with Crippen molar-refractivity contribution in [2.75, 3.05) is 13.2 Å². The zero-order chi connectivity index (χ0) is 13.4. The normalized spacial score (nSPS) is 40.9. The van der Waals surface area contributed by atoms with Crippen LogP contribution in [0.25, 0.3) is 0 Å². The quantitative estimate of drug-likeness (QED) is 0.563. The lowest BCUT2D eigenvalue weighted by molar-refractivity contribution is 0.228. The van der Waals surface area contributed by atoms with Gasteiger partial charge in [0.1, 0.15) is 0 Å². The number of nitrogens with zero attached hydrogens (tertiary/aromatic N) is 1. The third-order valence-electron chi connectivity index (χ3n) is 5.10. The highest BCUT2D eigenvalue weighted by Gasteiger charge is 2.44. The van der Waals surface area contributed by atoms with Gasteiger partial charge in [0.05, 0.1) is 12.7 Å². The molecule has 20 heavy (non-hydrogen) atoms. The highest BCUT2D eigenvalue weighted by Crippen LogP contribution is 2.41. The molecule has 2 heteroatoms. The molecular weight excluding hydrogens is 246 g/mol. The second kappa shape index (κ2) is 5.34. The van der Waals surface area contributed by atoms with Crippen LogP contribution in [0.15, 0.2) is 48.6 Å². The van der Waals surface area contributed by atoms with Crippen molar-refractivity contribution in [1.29, 1.82) is 0 Å². The molecule has 2 fully saturated rings. The van der Waals surface area contributed by atoms with Gasteiger partial charge in [-0.2, -0.15) is 0 Å². The molecule has 5 atom stereocenters. The largest absolute Gasteiger partial charge is 0.373 e. The van der Waals surface area contributed by atoms with E-state index < -0.39 is 0 Å². The van der Waals surface area contributed by atoms with Gasteiger partial charge in [-0.1, -0.05) is 48.6 Å². The van der Waals surface area contributed by atoms with Crippen molar-refractivity contribution in [3.63, 3.8) is 0 Å². The summed E-state index contributed by atoms with van der Waals surface area (Å²) in [5, 5.41) is 0. The summed E-state index contributed by atoms with van der Waals surface area (Å²) in [4.78, 5) is 2.71.